The van der Waals surface area contributed by atoms with Gasteiger partial charge >= 0.3 is 0 Å². The fourth-order valence-electron chi connectivity index (χ4n) is 2.44. The number of hydrogen-bond acceptors (Lipinski definition) is 4. The number of nitrogens with zero attached hydrogens (tertiary/aromatic N) is 2. The van der Waals surface area contributed by atoms with Crippen LogP contribution in [0.25, 0.3) is 22.9 Å². The lowest BCUT2D eigenvalue weighted by molar-refractivity contribution is -0.114. The van der Waals surface area contributed by atoms with Crippen molar-refractivity contribution in [2.75, 3.05) is 5.32 Å². The molecule has 0 atom stereocenters. The van der Waals surface area contributed by atoms with Crippen molar-refractivity contribution in [1.29, 1.82) is 5.26 Å². The highest BCUT2D eigenvalue weighted by atomic mass is 32.1. The van der Waals surface area contributed by atoms with Gasteiger partial charge in [-0.2, -0.15) is 5.26 Å². The van der Waals surface area contributed by atoms with Crippen molar-refractivity contribution >= 4 is 33.9 Å². The lowest BCUT2D eigenvalue weighted by atomic mass is 10.1. The van der Waals surface area contributed by atoms with E-state index in [1.165, 1.54) is 18.3 Å². The highest BCUT2D eigenvalue weighted by Gasteiger charge is 2.17. The van der Waals surface area contributed by atoms with E-state index in [-0.39, 0.29) is 5.91 Å². The summed E-state index contributed by atoms with van der Waals surface area (Å²) in [6, 6.07) is 19.8. The second-order valence-corrected chi connectivity index (χ2v) is 6.82. The predicted molar refractivity (Wildman–Crippen MR) is 107 cm³/mol. The van der Waals surface area contributed by atoms with Crippen molar-refractivity contribution < 1.29 is 4.79 Å². The molecule has 26 heavy (non-hydrogen) atoms. The van der Waals surface area contributed by atoms with Crippen LogP contribution < -0.4 is 5.32 Å². The van der Waals surface area contributed by atoms with Gasteiger partial charge in [-0.05, 0) is 18.6 Å². The molecule has 0 radical (unpaired) electrons. The second-order valence-electron chi connectivity index (χ2n) is 5.82. The molecule has 0 spiro atoms. The molecule has 1 heterocycles. The summed E-state index contributed by atoms with van der Waals surface area (Å²) < 4.78 is 0. The molecule has 0 aliphatic heterocycles. The largest absolute Gasteiger partial charge is 0.316 e. The van der Waals surface area contributed by atoms with Crippen LogP contribution in [0, 0.1) is 18.3 Å². The van der Waals surface area contributed by atoms with Gasteiger partial charge < -0.3 is 5.32 Å². The molecule has 0 unspecified atom stereocenters. The van der Waals surface area contributed by atoms with Gasteiger partial charge in [0.1, 0.15) is 21.8 Å². The fraction of sp³-hybridized carbons (Fsp3) is 0.0952. The number of anilines is 1. The monoisotopic (exact) mass is 359 g/mol. The molecular formula is C21H17N3OS. The predicted octanol–water partition coefficient (Wildman–Crippen LogP) is 5.14. The molecule has 0 aliphatic carbocycles. The van der Waals surface area contributed by atoms with Gasteiger partial charge in [0.2, 0.25) is 5.91 Å². The van der Waals surface area contributed by atoms with Crippen molar-refractivity contribution in [2.24, 2.45) is 0 Å². The molecule has 0 saturated heterocycles. The van der Waals surface area contributed by atoms with Crippen molar-refractivity contribution in [2.45, 2.75) is 13.8 Å². The molecule has 1 N–H and O–H groups in total. The number of allylic oxidation sites excluding steroid dienone is 1. The Morgan fingerprint density at radius 3 is 2.46 bits per heavy atom. The number of nitriles is 1. The van der Waals surface area contributed by atoms with Gasteiger partial charge in [-0.3, -0.25) is 4.79 Å². The summed E-state index contributed by atoms with van der Waals surface area (Å²) in [5.74, 6) is -0.167. The zero-order valence-electron chi connectivity index (χ0n) is 14.5. The van der Waals surface area contributed by atoms with Gasteiger partial charge in [-0.1, -0.05) is 71.5 Å². The topological polar surface area (TPSA) is 65.8 Å². The zero-order valence-corrected chi connectivity index (χ0v) is 15.3. The van der Waals surface area contributed by atoms with Gasteiger partial charge in [-0.15, -0.1) is 0 Å². The zero-order chi connectivity index (χ0) is 18.5. The standard InChI is InChI=1S/C21H17N3OS/c1-14-8-10-17(11-9-14)19-21(23-15(2)25)26-20(24-19)18(13-22)12-16-6-4-3-5-7-16/h3-12H,1-2H3,(H,23,25). The Hall–Kier alpha value is -3.23. The van der Waals surface area contributed by atoms with Crippen LogP contribution >= 0.6 is 11.3 Å². The molecule has 1 aromatic heterocycles. The molecule has 0 bridgehead atoms. The average molecular weight is 359 g/mol. The number of carbonyl (C=O) groups is 1. The van der Waals surface area contributed by atoms with Gasteiger partial charge in [0.15, 0.2) is 0 Å². The Morgan fingerprint density at radius 2 is 1.85 bits per heavy atom. The summed E-state index contributed by atoms with van der Waals surface area (Å²) in [6.07, 6.45) is 1.80. The van der Waals surface area contributed by atoms with E-state index in [9.17, 15) is 10.1 Å². The third kappa shape index (κ3) is 4.05. The van der Waals surface area contributed by atoms with Gasteiger partial charge in [-0.25, -0.2) is 4.98 Å². The van der Waals surface area contributed by atoms with E-state index in [1.54, 1.807) is 6.08 Å². The SMILES string of the molecule is CC(=O)Nc1sc(C(C#N)=Cc2ccccc2)nc1-c1ccc(C)cc1. The minimum atomic E-state index is -0.167. The van der Waals surface area contributed by atoms with E-state index in [0.717, 1.165) is 16.7 Å². The van der Waals surface area contributed by atoms with E-state index >= 15 is 0 Å². The molecule has 5 heteroatoms. The van der Waals surface area contributed by atoms with E-state index in [0.29, 0.717) is 21.3 Å². The van der Waals surface area contributed by atoms with E-state index in [1.807, 2.05) is 61.5 Å². The first-order chi connectivity index (χ1) is 12.6. The minimum absolute atomic E-state index is 0.167. The molecule has 3 rings (SSSR count). The van der Waals surface area contributed by atoms with E-state index in [2.05, 4.69) is 16.4 Å². The number of amides is 1. The summed E-state index contributed by atoms with van der Waals surface area (Å²) in [5.41, 5.74) is 4.11. The van der Waals surface area contributed by atoms with E-state index in [4.69, 9.17) is 0 Å². The summed E-state index contributed by atoms with van der Waals surface area (Å²) in [4.78, 5) is 16.2. The Kier molecular flexibility index (Phi) is 5.26. The number of benzene rings is 2. The third-order valence-corrected chi connectivity index (χ3v) is 4.71. The van der Waals surface area contributed by atoms with Crippen molar-refractivity contribution in [3.05, 3.63) is 70.7 Å². The normalized spacial score (nSPS) is 11.0. The fourth-order valence-corrected chi connectivity index (χ4v) is 3.44. The minimum Gasteiger partial charge on any atom is -0.316 e. The van der Waals surface area contributed by atoms with Crippen LogP contribution in [-0.4, -0.2) is 10.9 Å². The van der Waals surface area contributed by atoms with Crippen LogP contribution in [0.3, 0.4) is 0 Å². The molecule has 0 fully saturated rings. The quantitative estimate of drug-likeness (QED) is 0.656. The Labute approximate surface area is 156 Å². The number of aryl methyl sites for hydroxylation is 1. The number of hydrogen-bond donors (Lipinski definition) is 1. The van der Waals surface area contributed by atoms with Gasteiger partial charge in [0.05, 0.1) is 5.57 Å². The van der Waals surface area contributed by atoms with Crippen LogP contribution in [0.1, 0.15) is 23.1 Å². The molecule has 128 valence electrons. The number of rotatable bonds is 4. The molecule has 0 saturated carbocycles. The third-order valence-electron chi connectivity index (χ3n) is 3.70. The lowest BCUT2D eigenvalue weighted by Gasteiger charge is -2.03. The van der Waals surface area contributed by atoms with Gasteiger partial charge in [0, 0.05) is 12.5 Å². The van der Waals surface area contributed by atoms with Gasteiger partial charge in [0.25, 0.3) is 0 Å². The Bertz CT molecular complexity index is 996. The highest BCUT2D eigenvalue weighted by Crippen LogP contribution is 2.36. The van der Waals surface area contributed by atoms with Crippen LogP contribution in [0.15, 0.2) is 54.6 Å². The van der Waals surface area contributed by atoms with Crippen LogP contribution in [0.2, 0.25) is 0 Å². The number of thiazole rings is 1. The molecule has 2 aromatic carbocycles. The second kappa shape index (κ2) is 7.77. The van der Waals surface area contributed by atoms with Crippen LogP contribution in [-0.2, 0) is 4.79 Å². The first-order valence-electron chi connectivity index (χ1n) is 8.09. The summed E-state index contributed by atoms with van der Waals surface area (Å²) in [5, 5.41) is 13.6. The first kappa shape index (κ1) is 17.6. The van der Waals surface area contributed by atoms with Crippen molar-refractivity contribution in [1.82, 2.24) is 4.98 Å². The number of aromatic nitrogens is 1. The first-order valence-corrected chi connectivity index (χ1v) is 8.91. The maximum absolute atomic E-state index is 11.6. The van der Waals surface area contributed by atoms with Crippen molar-refractivity contribution in [3.8, 4) is 17.3 Å². The Morgan fingerprint density at radius 1 is 1.15 bits per heavy atom. The smallest absolute Gasteiger partial charge is 0.221 e. The maximum atomic E-state index is 11.6. The Balaban J connectivity index is 2.08. The molecular weight excluding hydrogens is 342 g/mol. The molecule has 1 amide bonds. The summed E-state index contributed by atoms with van der Waals surface area (Å²) >= 11 is 1.30. The van der Waals surface area contributed by atoms with Crippen LogP contribution in [0.5, 0.6) is 0 Å². The average Bonchev–Trinajstić information content (AvgIpc) is 3.04. The van der Waals surface area contributed by atoms with Crippen molar-refractivity contribution in [3.63, 3.8) is 0 Å². The molecule has 0 aliphatic rings. The lowest BCUT2D eigenvalue weighted by Crippen LogP contribution is -2.05. The highest BCUT2D eigenvalue weighted by molar-refractivity contribution is 7.17. The molecule has 3 aromatic rings. The number of carbonyl (C=O) groups excluding carboxylic acids is 1. The molecule has 4 nitrogen and oxygen atoms in total. The summed E-state index contributed by atoms with van der Waals surface area (Å²) in [7, 11) is 0. The number of nitrogens with one attached hydrogen (secondary N) is 1. The summed E-state index contributed by atoms with van der Waals surface area (Å²) in [6.45, 7) is 3.48. The van der Waals surface area contributed by atoms with Crippen LogP contribution in [0.4, 0.5) is 5.00 Å². The van der Waals surface area contributed by atoms with E-state index < -0.39 is 0 Å². The maximum Gasteiger partial charge on any atom is 0.221 e.